The number of likely N-dealkylation sites (N-methyl/N-ethyl adjacent to an activating group) is 1. The van der Waals surface area contributed by atoms with E-state index in [2.05, 4.69) is 94.6 Å². The van der Waals surface area contributed by atoms with E-state index in [0.29, 0.717) is 24.9 Å². The van der Waals surface area contributed by atoms with Gasteiger partial charge in [0.2, 0.25) is 0 Å². The quantitative estimate of drug-likeness (QED) is 0.113. The van der Waals surface area contributed by atoms with E-state index in [9.17, 15) is 0 Å². The van der Waals surface area contributed by atoms with E-state index < -0.39 is 0 Å². The normalized spacial score (nSPS) is 16.2. The van der Waals surface area contributed by atoms with E-state index in [1.165, 1.54) is 0 Å². The van der Waals surface area contributed by atoms with Crippen LogP contribution in [0.15, 0.2) is 115 Å². The van der Waals surface area contributed by atoms with Gasteiger partial charge in [0.15, 0.2) is 0 Å². The predicted octanol–water partition coefficient (Wildman–Crippen LogP) is 7.58. The van der Waals surface area contributed by atoms with Crippen LogP contribution in [-0.4, -0.2) is 109 Å². The summed E-state index contributed by atoms with van der Waals surface area (Å²) in [6.07, 6.45) is 15.4. The molecule has 0 unspecified atom stereocenters. The number of hydrogen-bond acceptors (Lipinski definition) is 12. The van der Waals surface area contributed by atoms with E-state index in [1.807, 2.05) is 61.4 Å². The van der Waals surface area contributed by atoms with Crippen LogP contribution in [0.1, 0.15) is 41.3 Å². The van der Waals surface area contributed by atoms with Gasteiger partial charge in [-0.3, -0.25) is 30.0 Å². The fourth-order valence-corrected chi connectivity index (χ4v) is 9.36. The van der Waals surface area contributed by atoms with Gasteiger partial charge in [0.1, 0.15) is 30.5 Å². The van der Waals surface area contributed by atoms with Gasteiger partial charge < -0.3 is 34.7 Å². The summed E-state index contributed by atoms with van der Waals surface area (Å²) in [5.74, 6) is 1.87. The van der Waals surface area contributed by atoms with Gasteiger partial charge in [-0.25, -0.2) is 4.98 Å². The number of benzene rings is 1. The summed E-state index contributed by atoms with van der Waals surface area (Å²) in [5.41, 5.74) is 13.1. The van der Waals surface area contributed by atoms with Crippen molar-refractivity contribution < 1.29 is 4.74 Å². The molecule has 64 heavy (non-hydrogen) atoms. The Kier molecular flexibility index (Phi) is 9.56. The Balaban J connectivity index is 0.908. The minimum atomic E-state index is 0.346. The van der Waals surface area contributed by atoms with Gasteiger partial charge in [-0.1, -0.05) is 30.3 Å². The number of piperazine rings is 1. The number of aromatic amines is 3. The first kappa shape index (κ1) is 38.2. The molecule has 0 bridgehead atoms. The molecule has 8 aromatic heterocycles. The number of piperidine rings is 1. The number of aliphatic imine (C=N–C) groups is 1. The van der Waals surface area contributed by atoms with Crippen LogP contribution in [0.3, 0.4) is 0 Å². The van der Waals surface area contributed by atoms with E-state index in [0.717, 1.165) is 153 Å². The third-order valence-corrected chi connectivity index (χ3v) is 12.9. The van der Waals surface area contributed by atoms with Crippen molar-refractivity contribution >= 4 is 55.6 Å². The summed E-state index contributed by atoms with van der Waals surface area (Å²) in [5, 5.41) is 14.6. The van der Waals surface area contributed by atoms with Gasteiger partial charge in [0, 0.05) is 71.3 Å². The smallest absolute Gasteiger partial charge is 0.138 e. The number of aromatic nitrogens is 9. The number of nitrogens with zero attached hydrogens (tertiary/aromatic N) is 10. The fraction of sp³-hybridized carbons (Fsp3) is 0.245. The molecule has 318 valence electrons. The van der Waals surface area contributed by atoms with Crippen molar-refractivity contribution in [1.29, 1.82) is 0 Å². The molecular weight excluding hydrogens is 801 g/mol. The summed E-state index contributed by atoms with van der Waals surface area (Å²) in [4.78, 5) is 43.6. The molecule has 2 fully saturated rings. The molecule has 15 heteroatoms. The maximum atomic E-state index is 6.18. The fourth-order valence-electron chi connectivity index (χ4n) is 9.36. The van der Waals surface area contributed by atoms with Gasteiger partial charge in [0.05, 0.1) is 87.9 Å². The molecule has 15 nitrogen and oxygen atoms in total. The molecule has 0 atom stereocenters. The van der Waals surface area contributed by atoms with Gasteiger partial charge in [-0.05, 0) is 74.9 Å². The maximum Gasteiger partial charge on any atom is 0.138 e. The summed E-state index contributed by atoms with van der Waals surface area (Å²) in [6.45, 7) is 6.73. The molecular formula is C49H46N14O. The van der Waals surface area contributed by atoms with Crippen molar-refractivity contribution in [3.05, 3.63) is 133 Å². The molecule has 0 radical (unpaired) electrons. The van der Waals surface area contributed by atoms with Crippen LogP contribution >= 0.6 is 0 Å². The van der Waals surface area contributed by atoms with Crippen molar-refractivity contribution in [3.8, 4) is 28.4 Å². The van der Waals surface area contributed by atoms with Crippen LogP contribution in [-0.2, 0) is 6.61 Å². The summed E-state index contributed by atoms with van der Waals surface area (Å²) >= 11 is 0. The molecule has 0 saturated carbocycles. The van der Waals surface area contributed by atoms with Crippen LogP contribution in [0.25, 0.3) is 55.4 Å². The first-order valence-corrected chi connectivity index (χ1v) is 22.0. The Labute approximate surface area is 368 Å². The van der Waals surface area contributed by atoms with E-state index >= 15 is 0 Å². The van der Waals surface area contributed by atoms with E-state index in [-0.39, 0.29) is 0 Å². The van der Waals surface area contributed by atoms with Crippen LogP contribution in [0.4, 0.5) is 17.2 Å². The standard InChI is InChI=1S/C49H46N14O/c1-61-11-13-62(14-12-61)45-26-52-23-43-35(45)18-41(58-43)48-37-20-39(33-15-34(22-51-21-33)64-28-30-5-3-2-4-6-30)54-27-46(37)63(29-56-48)47-17-32-16-40(57-42(32)24-55-47)49-36-19-38(31-7-9-50-10-8-31)53-25-44(36)59-60-49/h2-6,15-27,31,50,57-58H,7-14,28-29H2,1H3,(H,59,60). The van der Waals surface area contributed by atoms with Crippen LogP contribution < -0.4 is 19.9 Å². The molecule has 0 aliphatic carbocycles. The molecule has 9 aromatic rings. The summed E-state index contributed by atoms with van der Waals surface area (Å²) < 4.78 is 6.18. The van der Waals surface area contributed by atoms with Crippen molar-refractivity contribution in [3.63, 3.8) is 0 Å². The first-order chi connectivity index (χ1) is 31.6. The zero-order valence-electron chi connectivity index (χ0n) is 35.4. The number of hydrogen-bond donors (Lipinski definition) is 4. The summed E-state index contributed by atoms with van der Waals surface area (Å²) in [6, 6.07) is 22.9. The highest BCUT2D eigenvalue weighted by atomic mass is 16.5. The Hall–Kier alpha value is -7.49. The van der Waals surface area contributed by atoms with Gasteiger partial charge in [-0.2, -0.15) is 5.10 Å². The third-order valence-electron chi connectivity index (χ3n) is 12.9. The Morgan fingerprint density at radius 3 is 2.45 bits per heavy atom. The molecule has 12 rings (SSSR count). The second-order valence-corrected chi connectivity index (χ2v) is 17.0. The second kappa shape index (κ2) is 16.0. The van der Waals surface area contributed by atoms with E-state index in [1.54, 1.807) is 6.20 Å². The number of nitrogens with one attached hydrogen (secondary N) is 4. The number of ether oxygens (including phenoxy) is 1. The predicted molar refractivity (Wildman–Crippen MR) is 251 cm³/mol. The molecule has 0 amide bonds. The minimum absolute atomic E-state index is 0.346. The lowest BCUT2D eigenvalue weighted by Gasteiger charge is -2.34. The Morgan fingerprint density at radius 1 is 0.719 bits per heavy atom. The second-order valence-electron chi connectivity index (χ2n) is 17.0. The Morgan fingerprint density at radius 2 is 1.56 bits per heavy atom. The lowest BCUT2D eigenvalue weighted by atomic mass is 9.93. The topological polar surface area (TPSA) is 168 Å². The highest BCUT2D eigenvalue weighted by molar-refractivity contribution is 6.18. The average Bonchev–Trinajstić information content (AvgIpc) is 4.10. The number of H-pyrrole nitrogens is 3. The lowest BCUT2D eigenvalue weighted by molar-refractivity contribution is 0.305. The van der Waals surface area contributed by atoms with Crippen LogP contribution in [0.5, 0.6) is 5.75 Å². The largest absolute Gasteiger partial charge is 0.487 e. The molecule has 3 aliphatic heterocycles. The SMILES string of the molecule is CN1CCN(c2cncc3[nH]c(C4=NCN(c5cc6cc(-c7n[nH]c8cnc(C9CCNCC9)cc78)[nH]c6cn5)c5cnc(-c6cncc(OCc7ccccc7)c6)cc54)cc23)CC1. The number of anilines is 3. The average molecular weight is 847 g/mol. The van der Waals surface area contributed by atoms with Gasteiger partial charge >= 0.3 is 0 Å². The summed E-state index contributed by atoms with van der Waals surface area (Å²) in [7, 11) is 2.17. The molecule has 11 heterocycles. The molecule has 0 spiro atoms. The minimum Gasteiger partial charge on any atom is -0.487 e. The lowest BCUT2D eigenvalue weighted by Crippen LogP contribution is -2.44. The first-order valence-electron chi connectivity index (χ1n) is 22.0. The van der Waals surface area contributed by atoms with Crippen molar-refractivity contribution in [1.82, 2.24) is 55.3 Å². The van der Waals surface area contributed by atoms with Crippen molar-refractivity contribution in [2.45, 2.75) is 25.4 Å². The number of rotatable bonds is 9. The van der Waals surface area contributed by atoms with Crippen molar-refractivity contribution in [2.75, 3.05) is 62.8 Å². The Bertz CT molecular complexity index is 3190. The van der Waals surface area contributed by atoms with Crippen molar-refractivity contribution in [2.24, 2.45) is 4.99 Å². The monoisotopic (exact) mass is 846 g/mol. The molecule has 3 aliphatic rings. The molecule has 1 aromatic carbocycles. The van der Waals surface area contributed by atoms with Crippen LogP contribution in [0.2, 0.25) is 0 Å². The third kappa shape index (κ3) is 7.08. The molecule has 2 saturated heterocycles. The highest BCUT2D eigenvalue weighted by Crippen LogP contribution is 2.38. The van der Waals surface area contributed by atoms with Gasteiger partial charge in [0.25, 0.3) is 0 Å². The maximum absolute atomic E-state index is 6.18. The van der Waals surface area contributed by atoms with Gasteiger partial charge in [-0.15, -0.1) is 0 Å². The highest BCUT2D eigenvalue weighted by Gasteiger charge is 2.28. The zero-order chi connectivity index (χ0) is 42.6. The van der Waals surface area contributed by atoms with Crippen LogP contribution in [0, 0.1) is 0 Å². The molecule has 4 N–H and O–H groups in total. The number of pyridine rings is 5. The van der Waals surface area contributed by atoms with E-state index in [4.69, 9.17) is 29.8 Å². The zero-order valence-corrected chi connectivity index (χ0v) is 35.4. The number of fused-ring (bicyclic) bond motifs is 4.